The van der Waals surface area contributed by atoms with Gasteiger partial charge in [-0.1, -0.05) is 12.1 Å². The van der Waals surface area contributed by atoms with Gasteiger partial charge in [-0.25, -0.2) is 0 Å². The lowest BCUT2D eigenvalue weighted by atomic mass is 9.93. The molecule has 1 amide bonds. The van der Waals surface area contributed by atoms with Crippen LogP contribution < -0.4 is 5.32 Å². The van der Waals surface area contributed by atoms with Crippen molar-refractivity contribution < 1.29 is 14.6 Å². The van der Waals surface area contributed by atoms with Gasteiger partial charge in [0.05, 0.1) is 12.2 Å². The molecule has 1 atom stereocenters. The van der Waals surface area contributed by atoms with Crippen molar-refractivity contribution >= 4 is 11.5 Å². The Morgan fingerprint density at radius 3 is 2.40 bits per heavy atom. The Hall–Kier alpha value is -1.81. The standard InChI is InChI=1S/C16H21NO3/c1-9-6-11(3)12(7-10(9)2)13-14(18)16(4,8-20-5)17-15(13)19/h6-7,18H,8H2,1-5H3,(H,17,19). The predicted molar refractivity (Wildman–Crippen MR) is 78.6 cm³/mol. The zero-order chi connectivity index (χ0) is 15.1. The number of carbonyl (C=O) groups is 1. The predicted octanol–water partition coefficient (Wildman–Crippen LogP) is 2.42. The summed E-state index contributed by atoms with van der Waals surface area (Å²) in [6.07, 6.45) is 0. The second-order valence-electron chi connectivity index (χ2n) is 5.69. The highest BCUT2D eigenvalue weighted by Gasteiger charge is 2.42. The summed E-state index contributed by atoms with van der Waals surface area (Å²) in [5.41, 5.74) is 3.52. The smallest absolute Gasteiger partial charge is 0.256 e. The van der Waals surface area contributed by atoms with Crippen LogP contribution in [0.3, 0.4) is 0 Å². The highest BCUT2D eigenvalue weighted by atomic mass is 16.5. The molecule has 1 aliphatic rings. The first kappa shape index (κ1) is 14.6. The van der Waals surface area contributed by atoms with Gasteiger partial charge in [0.1, 0.15) is 11.3 Å². The maximum Gasteiger partial charge on any atom is 0.256 e. The Morgan fingerprint density at radius 1 is 1.20 bits per heavy atom. The van der Waals surface area contributed by atoms with E-state index in [1.54, 1.807) is 14.0 Å². The van der Waals surface area contributed by atoms with E-state index < -0.39 is 5.54 Å². The fourth-order valence-electron chi connectivity index (χ4n) is 2.63. The highest BCUT2D eigenvalue weighted by molar-refractivity contribution is 6.23. The van der Waals surface area contributed by atoms with E-state index in [-0.39, 0.29) is 18.3 Å². The molecule has 0 saturated carbocycles. The van der Waals surface area contributed by atoms with Crippen molar-refractivity contribution in [1.29, 1.82) is 0 Å². The number of rotatable bonds is 3. The molecule has 0 aromatic heterocycles. The molecule has 0 bridgehead atoms. The lowest BCUT2D eigenvalue weighted by molar-refractivity contribution is -0.116. The first-order valence-electron chi connectivity index (χ1n) is 6.63. The van der Waals surface area contributed by atoms with E-state index in [9.17, 15) is 9.90 Å². The summed E-state index contributed by atoms with van der Waals surface area (Å²) in [6.45, 7) is 7.97. The SMILES string of the molecule is COCC1(C)NC(=O)C(c2cc(C)c(C)cc2C)=C1O. The van der Waals surface area contributed by atoms with Crippen LogP contribution in [0.1, 0.15) is 29.2 Å². The Kier molecular flexibility index (Phi) is 3.61. The third-order valence-corrected chi connectivity index (χ3v) is 3.92. The number of nitrogens with one attached hydrogen (secondary N) is 1. The summed E-state index contributed by atoms with van der Waals surface area (Å²) in [6, 6.07) is 3.98. The molecule has 1 heterocycles. The van der Waals surface area contributed by atoms with Crippen molar-refractivity contribution in [2.45, 2.75) is 33.2 Å². The van der Waals surface area contributed by atoms with E-state index >= 15 is 0 Å². The summed E-state index contributed by atoms with van der Waals surface area (Å²) in [4.78, 5) is 12.2. The fourth-order valence-corrected chi connectivity index (χ4v) is 2.63. The molecule has 4 heteroatoms. The Bertz CT molecular complexity index is 604. The minimum absolute atomic E-state index is 0.0516. The zero-order valence-corrected chi connectivity index (χ0v) is 12.6. The molecule has 0 radical (unpaired) electrons. The minimum Gasteiger partial charge on any atom is -0.509 e. The first-order chi connectivity index (χ1) is 9.30. The number of hydrogen-bond donors (Lipinski definition) is 2. The number of ether oxygens (including phenoxy) is 1. The van der Waals surface area contributed by atoms with Crippen LogP contribution in [0.2, 0.25) is 0 Å². The molecular weight excluding hydrogens is 254 g/mol. The van der Waals surface area contributed by atoms with Crippen molar-refractivity contribution in [1.82, 2.24) is 5.32 Å². The summed E-state index contributed by atoms with van der Waals surface area (Å²) in [7, 11) is 1.55. The number of carbonyl (C=O) groups excluding carboxylic acids is 1. The normalized spacial score (nSPS) is 22.4. The molecule has 0 fully saturated rings. The molecule has 1 unspecified atom stereocenters. The molecule has 0 aliphatic carbocycles. The van der Waals surface area contributed by atoms with Crippen molar-refractivity contribution in [2.75, 3.05) is 13.7 Å². The average molecular weight is 275 g/mol. The van der Waals surface area contributed by atoms with Gasteiger partial charge in [0, 0.05) is 7.11 Å². The average Bonchev–Trinajstić information content (AvgIpc) is 2.56. The van der Waals surface area contributed by atoms with Crippen molar-refractivity contribution in [3.8, 4) is 0 Å². The van der Waals surface area contributed by atoms with Gasteiger partial charge in [-0.2, -0.15) is 0 Å². The molecule has 20 heavy (non-hydrogen) atoms. The summed E-state index contributed by atoms with van der Waals surface area (Å²) in [5.74, 6) is -0.205. The van der Waals surface area contributed by atoms with Crippen molar-refractivity contribution in [3.63, 3.8) is 0 Å². The van der Waals surface area contributed by atoms with Gasteiger partial charge in [0.25, 0.3) is 5.91 Å². The van der Waals surface area contributed by atoms with Gasteiger partial charge >= 0.3 is 0 Å². The molecule has 0 spiro atoms. The van der Waals surface area contributed by atoms with Crippen LogP contribution in [0.25, 0.3) is 5.57 Å². The number of methoxy groups -OCH3 is 1. The molecular formula is C16H21NO3. The maximum atomic E-state index is 12.2. The van der Waals surface area contributed by atoms with Crippen molar-refractivity contribution in [2.24, 2.45) is 0 Å². The molecule has 0 saturated heterocycles. The Labute approximate surface area is 119 Å². The Morgan fingerprint density at radius 2 is 1.80 bits per heavy atom. The number of aliphatic hydroxyl groups excluding tert-OH is 1. The zero-order valence-electron chi connectivity index (χ0n) is 12.6. The van der Waals surface area contributed by atoms with Crippen LogP contribution >= 0.6 is 0 Å². The second kappa shape index (κ2) is 4.94. The van der Waals surface area contributed by atoms with E-state index in [1.165, 1.54) is 5.56 Å². The monoisotopic (exact) mass is 275 g/mol. The van der Waals surface area contributed by atoms with Crippen LogP contribution in [-0.2, 0) is 9.53 Å². The van der Waals surface area contributed by atoms with E-state index in [2.05, 4.69) is 5.32 Å². The lowest BCUT2D eigenvalue weighted by Crippen LogP contribution is -2.45. The molecule has 4 nitrogen and oxygen atoms in total. The van der Waals surface area contributed by atoms with Crippen LogP contribution in [0.4, 0.5) is 0 Å². The third-order valence-electron chi connectivity index (χ3n) is 3.92. The molecule has 108 valence electrons. The summed E-state index contributed by atoms with van der Waals surface area (Å²) in [5, 5.41) is 13.3. The molecule has 2 rings (SSSR count). The molecule has 1 aromatic carbocycles. The summed E-state index contributed by atoms with van der Waals surface area (Å²) < 4.78 is 5.10. The van der Waals surface area contributed by atoms with Crippen LogP contribution in [-0.4, -0.2) is 30.3 Å². The van der Waals surface area contributed by atoms with Gasteiger partial charge < -0.3 is 15.2 Å². The van der Waals surface area contributed by atoms with E-state index in [1.807, 2.05) is 32.9 Å². The maximum absolute atomic E-state index is 12.2. The van der Waals surface area contributed by atoms with Gasteiger partial charge in [0.15, 0.2) is 0 Å². The van der Waals surface area contributed by atoms with Gasteiger partial charge in [0.2, 0.25) is 0 Å². The fraction of sp³-hybridized carbons (Fsp3) is 0.438. The van der Waals surface area contributed by atoms with E-state index in [0.29, 0.717) is 5.57 Å². The quantitative estimate of drug-likeness (QED) is 0.890. The molecule has 1 aliphatic heterocycles. The van der Waals surface area contributed by atoms with E-state index in [4.69, 9.17) is 4.74 Å². The second-order valence-corrected chi connectivity index (χ2v) is 5.69. The van der Waals surface area contributed by atoms with Crippen LogP contribution in [0, 0.1) is 20.8 Å². The van der Waals surface area contributed by atoms with Gasteiger partial charge in [-0.05, 0) is 49.9 Å². The summed E-state index contributed by atoms with van der Waals surface area (Å²) >= 11 is 0. The number of benzene rings is 1. The number of hydrogen-bond acceptors (Lipinski definition) is 3. The third kappa shape index (κ3) is 2.20. The van der Waals surface area contributed by atoms with Crippen molar-refractivity contribution in [3.05, 3.63) is 40.1 Å². The molecule has 1 aromatic rings. The Balaban J connectivity index is 2.59. The van der Waals surface area contributed by atoms with E-state index in [0.717, 1.165) is 16.7 Å². The first-order valence-corrected chi connectivity index (χ1v) is 6.63. The largest absolute Gasteiger partial charge is 0.509 e. The van der Waals surface area contributed by atoms with Crippen LogP contribution in [0.5, 0.6) is 0 Å². The topological polar surface area (TPSA) is 58.6 Å². The van der Waals surface area contributed by atoms with Gasteiger partial charge in [-0.15, -0.1) is 0 Å². The minimum atomic E-state index is -0.855. The number of amides is 1. The molecule has 2 N–H and O–H groups in total. The number of aryl methyl sites for hydroxylation is 3. The van der Waals surface area contributed by atoms with Crippen LogP contribution in [0.15, 0.2) is 17.9 Å². The highest BCUT2D eigenvalue weighted by Crippen LogP contribution is 2.34. The van der Waals surface area contributed by atoms with Gasteiger partial charge in [-0.3, -0.25) is 4.79 Å². The lowest BCUT2D eigenvalue weighted by Gasteiger charge is -2.23. The number of aliphatic hydroxyl groups is 1.